The fourth-order valence-corrected chi connectivity index (χ4v) is 2.94. The van der Waals surface area contributed by atoms with Gasteiger partial charge in [-0.25, -0.2) is 0 Å². The molecular formula is C15H21BrN2O. The molecule has 3 nitrogen and oxygen atoms in total. The molecule has 1 N–H and O–H groups in total. The number of hydrogen-bond donors (Lipinski definition) is 1. The van der Waals surface area contributed by atoms with Gasteiger partial charge in [0.15, 0.2) is 0 Å². The number of alkyl halides is 1. The summed E-state index contributed by atoms with van der Waals surface area (Å²) in [6.07, 6.45) is 1.03. The molecule has 1 amide bonds. The summed E-state index contributed by atoms with van der Waals surface area (Å²) in [6, 6.07) is 8.06. The minimum atomic E-state index is 0.0440. The summed E-state index contributed by atoms with van der Waals surface area (Å²) in [7, 11) is 2.13. The monoisotopic (exact) mass is 324 g/mol. The summed E-state index contributed by atoms with van der Waals surface area (Å²) in [5.74, 6) is 0.548. The molecule has 1 aromatic rings. The third kappa shape index (κ3) is 3.80. The Hall–Kier alpha value is -0.870. The van der Waals surface area contributed by atoms with E-state index in [-0.39, 0.29) is 5.91 Å². The van der Waals surface area contributed by atoms with Crippen molar-refractivity contribution in [2.24, 2.45) is 5.92 Å². The number of nitrogens with one attached hydrogen (secondary N) is 1. The van der Waals surface area contributed by atoms with Crippen LogP contribution in [-0.4, -0.2) is 37.0 Å². The number of piperidine rings is 1. The van der Waals surface area contributed by atoms with E-state index < -0.39 is 0 Å². The highest BCUT2D eigenvalue weighted by molar-refractivity contribution is 9.08. The second-order valence-electron chi connectivity index (χ2n) is 5.44. The molecular weight excluding hydrogens is 304 g/mol. The van der Waals surface area contributed by atoms with Gasteiger partial charge < -0.3 is 10.2 Å². The predicted molar refractivity (Wildman–Crippen MR) is 81.6 cm³/mol. The van der Waals surface area contributed by atoms with E-state index in [9.17, 15) is 4.79 Å². The van der Waals surface area contributed by atoms with Crippen LogP contribution in [0.3, 0.4) is 0 Å². The summed E-state index contributed by atoms with van der Waals surface area (Å²) in [5, 5.41) is 3.99. The van der Waals surface area contributed by atoms with Gasteiger partial charge in [0.25, 0.3) is 5.91 Å². The van der Waals surface area contributed by atoms with E-state index in [0.717, 1.165) is 30.4 Å². The molecule has 0 radical (unpaired) electrons. The lowest BCUT2D eigenvalue weighted by Crippen LogP contribution is -2.48. The molecule has 0 spiro atoms. The van der Waals surface area contributed by atoms with Crippen molar-refractivity contribution in [3.8, 4) is 0 Å². The Morgan fingerprint density at radius 2 is 2.11 bits per heavy atom. The van der Waals surface area contributed by atoms with Crippen LogP contribution in [0, 0.1) is 5.92 Å². The highest BCUT2D eigenvalue weighted by Crippen LogP contribution is 2.16. The SMILES string of the molecule is CC1CN(C)CCC1NC(=O)c1ccc(CBr)cc1. The first-order chi connectivity index (χ1) is 9.10. The van der Waals surface area contributed by atoms with Crippen LogP contribution in [-0.2, 0) is 5.33 Å². The molecule has 2 atom stereocenters. The Morgan fingerprint density at radius 3 is 2.68 bits per heavy atom. The van der Waals surface area contributed by atoms with Crippen LogP contribution in [0.1, 0.15) is 29.3 Å². The number of carbonyl (C=O) groups excluding carboxylic acids is 1. The molecule has 2 unspecified atom stereocenters. The number of nitrogens with zero attached hydrogens (tertiary/aromatic N) is 1. The van der Waals surface area contributed by atoms with Gasteiger partial charge in [-0.2, -0.15) is 0 Å². The fourth-order valence-electron chi connectivity index (χ4n) is 2.57. The van der Waals surface area contributed by atoms with Crippen molar-refractivity contribution in [2.75, 3.05) is 20.1 Å². The van der Waals surface area contributed by atoms with Crippen LogP contribution in [0.5, 0.6) is 0 Å². The maximum Gasteiger partial charge on any atom is 0.251 e. The van der Waals surface area contributed by atoms with Gasteiger partial charge >= 0.3 is 0 Å². The molecule has 0 aromatic heterocycles. The average Bonchev–Trinajstić information content (AvgIpc) is 2.42. The number of likely N-dealkylation sites (tertiary alicyclic amines) is 1. The van der Waals surface area contributed by atoms with Gasteiger partial charge in [-0.05, 0) is 43.6 Å². The molecule has 1 aliphatic rings. The second-order valence-corrected chi connectivity index (χ2v) is 6.00. The number of carbonyl (C=O) groups is 1. The second kappa shape index (κ2) is 6.53. The van der Waals surface area contributed by atoms with Crippen LogP contribution in [0.2, 0.25) is 0 Å². The Balaban J connectivity index is 1.96. The van der Waals surface area contributed by atoms with Gasteiger partial charge in [-0.15, -0.1) is 0 Å². The fraction of sp³-hybridized carbons (Fsp3) is 0.533. The minimum Gasteiger partial charge on any atom is -0.349 e. The Bertz CT molecular complexity index is 432. The normalized spacial score (nSPS) is 24.2. The predicted octanol–water partition coefficient (Wildman–Crippen LogP) is 2.65. The molecule has 19 heavy (non-hydrogen) atoms. The van der Waals surface area contributed by atoms with Crippen LogP contribution in [0.25, 0.3) is 0 Å². The molecule has 1 aliphatic heterocycles. The van der Waals surface area contributed by atoms with Gasteiger partial charge in [0, 0.05) is 23.5 Å². The molecule has 0 aliphatic carbocycles. The summed E-state index contributed by atoms with van der Waals surface area (Å²) in [6.45, 7) is 4.31. The lowest BCUT2D eigenvalue weighted by Gasteiger charge is -2.35. The molecule has 2 rings (SSSR count). The summed E-state index contributed by atoms with van der Waals surface area (Å²) >= 11 is 3.41. The zero-order valence-corrected chi connectivity index (χ0v) is 13.1. The number of benzene rings is 1. The Labute approximate surface area is 123 Å². The lowest BCUT2D eigenvalue weighted by molar-refractivity contribution is 0.0884. The van der Waals surface area contributed by atoms with Crippen molar-refractivity contribution in [2.45, 2.75) is 24.7 Å². The zero-order chi connectivity index (χ0) is 13.8. The van der Waals surface area contributed by atoms with Crippen molar-refractivity contribution in [1.82, 2.24) is 10.2 Å². The van der Waals surface area contributed by atoms with Gasteiger partial charge in [-0.3, -0.25) is 4.79 Å². The van der Waals surface area contributed by atoms with E-state index >= 15 is 0 Å². The largest absolute Gasteiger partial charge is 0.349 e. The number of halogens is 1. The zero-order valence-electron chi connectivity index (χ0n) is 11.5. The molecule has 0 saturated carbocycles. The van der Waals surface area contributed by atoms with Crippen molar-refractivity contribution in [1.29, 1.82) is 0 Å². The Morgan fingerprint density at radius 1 is 1.42 bits per heavy atom. The third-order valence-electron chi connectivity index (χ3n) is 3.80. The van der Waals surface area contributed by atoms with Gasteiger partial charge in [0.2, 0.25) is 0 Å². The van der Waals surface area contributed by atoms with Gasteiger partial charge in [0.05, 0.1) is 0 Å². The van der Waals surface area contributed by atoms with Crippen molar-refractivity contribution >= 4 is 21.8 Å². The quantitative estimate of drug-likeness (QED) is 0.867. The first kappa shape index (κ1) is 14.5. The highest BCUT2D eigenvalue weighted by Gasteiger charge is 2.25. The lowest BCUT2D eigenvalue weighted by atomic mass is 9.94. The van der Waals surface area contributed by atoms with E-state index in [0.29, 0.717) is 12.0 Å². The maximum absolute atomic E-state index is 12.2. The van der Waals surface area contributed by atoms with E-state index in [1.54, 1.807) is 0 Å². The van der Waals surface area contributed by atoms with Crippen LogP contribution < -0.4 is 5.32 Å². The maximum atomic E-state index is 12.2. The third-order valence-corrected chi connectivity index (χ3v) is 4.44. The smallest absolute Gasteiger partial charge is 0.251 e. The molecule has 1 heterocycles. The first-order valence-corrected chi connectivity index (χ1v) is 7.86. The van der Waals surface area contributed by atoms with E-state index in [1.807, 2.05) is 24.3 Å². The summed E-state index contributed by atoms with van der Waals surface area (Å²) in [4.78, 5) is 14.5. The van der Waals surface area contributed by atoms with E-state index in [4.69, 9.17) is 0 Å². The van der Waals surface area contributed by atoms with Crippen LogP contribution >= 0.6 is 15.9 Å². The topological polar surface area (TPSA) is 32.3 Å². The molecule has 1 saturated heterocycles. The standard InChI is InChI=1S/C15H21BrN2O/c1-11-10-18(2)8-7-14(11)17-15(19)13-5-3-12(9-16)4-6-13/h3-6,11,14H,7-10H2,1-2H3,(H,17,19). The highest BCUT2D eigenvalue weighted by atomic mass is 79.9. The molecule has 4 heteroatoms. The molecule has 1 fully saturated rings. The van der Waals surface area contributed by atoms with Crippen LogP contribution in [0.4, 0.5) is 0 Å². The van der Waals surface area contributed by atoms with Crippen LogP contribution in [0.15, 0.2) is 24.3 Å². The molecule has 0 bridgehead atoms. The van der Waals surface area contributed by atoms with Gasteiger partial charge in [-0.1, -0.05) is 35.0 Å². The minimum absolute atomic E-state index is 0.0440. The van der Waals surface area contributed by atoms with E-state index in [2.05, 4.69) is 40.1 Å². The molecule has 104 valence electrons. The first-order valence-electron chi connectivity index (χ1n) is 6.74. The number of amides is 1. The Kier molecular flexibility index (Phi) is 4.99. The average molecular weight is 325 g/mol. The van der Waals surface area contributed by atoms with E-state index in [1.165, 1.54) is 5.56 Å². The number of rotatable bonds is 3. The van der Waals surface area contributed by atoms with Gasteiger partial charge in [0.1, 0.15) is 0 Å². The molecule has 1 aromatic carbocycles. The number of hydrogen-bond acceptors (Lipinski definition) is 2. The van der Waals surface area contributed by atoms with Crippen molar-refractivity contribution < 1.29 is 4.79 Å². The summed E-state index contributed by atoms with van der Waals surface area (Å²) < 4.78 is 0. The van der Waals surface area contributed by atoms with Crippen molar-refractivity contribution in [3.05, 3.63) is 35.4 Å². The van der Waals surface area contributed by atoms with Crippen molar-refractivity contribution in [3.63, 3.8) is 0 Å². The summed E-state index contributed by atoms with van der Waals surface area (Å²) in [5.41, 5.74) is 1.93.